The van der Waals surface area contributed by atoms with E-state index >= 15 is 0 Å². The van der Waals surface area contributed by atoms with Gasteiger partial charge in [0.1, 0.15) is 5.82 Å². The Morgan fingerprint density at radius 3 is 2.56 bits per heavy atom. The second kappa shape index (κ2) is 5.48. The van der Waals surface area contributed by atoms with Crippen LogP contribution in [0.1, 0.15) is 36.7 Å². The minimum Gasteiger partial charge on any atom is -0.389 e. The quantitative estimate of drug-likeness (QED) is 0.895. The predicted octanol–water partition coefficient (Wildman–Crippen LogP) is 2.37. The molecule has 0 radical (unpaired) electrons. The Hall–Kier alpha value is -1.42. The molecular weight excluding hydrogens is 233 g/mol. The second-order valence-electron chi connectivity index (χ2n) is 5.12. The lowest BCUT2D eigenvalue weighted by Crippen LogP contribution is -2.42. The van der Waals surface area contributed by atoms with Crippen molar-refractivity contribution < 1.29 is 14.3 Å². The highest BCUT2D eigenvalue weighted by atomic mass is 19.1. The molecule has 1 N–H and O–H groups in total. The topological polar surface area (TPSA) is 40.5 Å². The lowest BCUT2D eigenvalue weighted by molar-refractivity contribution is 0.0312. The monoisotopic (exact) mass is 253 g/mol. The highest BCUT2D eigenvalue weighted by molar-refractivity contribution is 5.94. The molecule has 0 aromatic heterocycles. The largest absolute Gasteiger partial charge is 0.389 e. The molecule has 0 bridgehead atoms. The van der Waals surface area contributed by atoms with Crippen molar-refractivity contribution in [1.82, 2.24) is 4.90 Å². The molecule has 100 valence electrons. The van der Waals surface area contributed by atoms with E-state index in [9.17, 15) is 14.3 Å². The Morgan fingerprint density at radius 1 is 1.44 bits per heavy atom. The van der Waals surface area contributed by atoms with Crippen LogP contribution in [0.4, 0.5) is 4.39 Å². The lowest BCUT2D eigenvalue weighted by Gasteiger charge is -2.28. The lowest BCUT2D eigenvalue weighted by atomic mass is 10.1. The van der Waals surface area contributed by atoms with E-state index in [4.69, 9.17) is 0 Å². The average Bonchev–Trinajstić information content (AvgIpc) is 2.27. The van der Waals surface area contributed by atoms with Crippen molar-refractivity contribution in [2.75, 3.05) is 13.1 Å². The van der Waals surface area contributed by atoms with Gasteiger partial charge in [0, 0.05) is 13.1 Å². The van der Waals surface area contributed by atoms with Gasteiger partial charge in [0.05, 0.1) is 11.2 Å². The van der Waals surface area contributed by atoms with Crippen molar-refractivity contribution in [3.63, 3.8) is 0 Å². The van der Waals surface area contributed by atoms with Crippen molar-refractivity contribution in [2.24, 2.45) is 0 Å². The van der Waals surface area contributed by atoms with Gasteiger partial charge in [-0.15, -0.1) is 0 Å². The summed E-state index contributed by atoms with van der Waals surface area (Å²) in [4.78, 5) is 13.6. The van der Waals surface area contributed by atoms with Crippen LogP contribution in [0.5, 0.6) is 0 Å². The van der Waals surface area contributed by atoms with E-state index in [0.29, 0.717) is 6.54 Å². The van der Waals surface area contributed by atoms with Gasteiger partial charge in [-0.3, -0.25) is 4.79 Å². The fourth-order valence-corrected chi connectivity index (χ4v) is 1.77. The Balaban J connectivity index is 3.00. The van der Waals surface area contributed by atoms with Crippen LogP contribution in [0.25, 0.3) is 0 Å². The first kappa shape index (κ1) is 14.6. The molecule has 0 saturated carbocycles. The normalized spacial score (nSPS) is 11.4. The van der Waals surface area contributed by atoms with Crippen molar-refractivity contribution in [1.29, 1.82) is 0 Å². The van der Waals surface area contributed by atoms with E-state index in [0.717, 1.165) is 5.56 Å². The number of likely N-dealkylation sites (N-methyl/N-ethyl adjacent to an activating group) is 1. The number of amides is 1. The number of hydrogen-bond donors (Lipinski definition) is 1. The minimum absolute atomic E-state index is 0.0566. The van der Waals surface area contributed by atoms with E-state index < -0.39 is 11.4 Å². The second-order valence-corrected chi connectivity index (χ2v) is 5.12. The van der Waals surface area contributed by atoms with Crippen LogP contribution in [0, 0.1) is 12.7 Å². The molecule has 0 heterocycles. The molecule has 0 fully saturated rings. The van der Waals surface area contributed by atoms with E-state index in [-0.39, 0.29) is 18.0 Å². The van der Waals surface area contributed by atoms with E-state index in [1.165, 1.54) is 17.0 Å². The molecule has 0 aliphatic carbocycles. The number of halogens is 1. The van der Waals surface area contributed by atoms with Crippen molar-refractivity contribution >= 4 is 5.91 Å². The summed E-state index contributed by atoms with van der Waals surface area (Å²) in [5.74, 6) is -0.916. The van der Waals surface area contributed by atoms with Gasteiger partial charge in [0.25, 0.3) is 5.91 Å². The smallest absolute Gasteiger partial charge is 0.256 e. The first-order valence-corrected chi connectivity index (χ1v) is 6.02. The highest BCUT2D eigenvalue weighted by Crippen LogP contribution is 2.15. The molecule has 0 unspecified atom stereocenters. The maximum atomic E-state index is 13.6. The van der Waals surface area contributed by atoms with E-state index in [1.54, 1.807) is 26.8 Å². The number of aryl methyl sites for hydroxylation is 1. The third-order valence-corrected chi connectivity index (χ3v) is 2.60. The molecule has 4 heteroatoms. The Morgan fingerprint density at radius 2 is 2.06 bits per heavy atom. The van der Waals surface area contributed by atoms with Crippen LogP contribution in [-0.2, 0) is 0 Å². The van der Waals surface area contributed by atoms with Crippen molar-refractivity contribution in [3.05, 3.63) is 35.1 Å². The first-order chi connectivity index (χ1) is 8.24. The summed E-state index contributed by atoms with van der Waals surface area (Å²) in [5.41, 5.74) is -0.105. The molecule has 1 amide bonds. The van der Waals surface area contributed by atoms with Gasteiger partial charge in [-0.1, -0.05) is 11.6 Å². The zero-order chi connectivity index (χ0) is 13.9. The zero-order valence-electron chi connectivity index (χ0n) is 11.3. The third kappa shape index (κ3) is 3.81. The van der Waals surface area contributed by atoms with Crippen LogP contribution in [0.2, 0.25) is 0 Å². The van der Waals surface area contributed by atoms with Gasteiger partial charge in [-0.25, -0.2) is 4.39 Å². The molecule has 0 atom stereocenters. The van der Waals surface area contributed by atoms with E-state index in [2.05, 4.69) is 0 Å². The van der Waals surface area contributed by atoms with Crippen LogP contribution in [0.3, 0.4) is 0 Å². The number of aliphatic hydroxyl groups is 1. The summed E-state index contributed by atoms with van der Waals surface area (Å²) < 4.78 is 13.6. The number of hydrogen-bond acceptors (Lipinski definition) is 2. The summed E-state index contributed by atoms with van der Waals surface area (Å²) in [7, 11) is 0. The summed E-state index contributed by atoms with van der Waals surface area (Å²) in [5, 5.41) is 9.75. The molecule has 0 aliphatic rings. The zero-order valence-corrected chi connectivity index (χ0v) is 11.3. The Bertz CT molecular complexity index is 438. The maximum Gasteiger partial charge on any atom is 0.256 e. The first-order valence-electron chi connectivity index (χ1n) is 6.02. The molecule has 0 spiro atoms. The number of carbonyl (C=O) groups excluding carboxylic acids is 1. The van der Waals surface area contributed by atoms with Gasteiger partial charge >= 0.3 is 0 Å². The van der Waals surface area contributed by atoms with Gasteiger partial charge in [0.15, 0.2) is 0 Å². The number of rotatable bonds is 4. The van der Waals surface area contributed by atoms with Gasteiger partial charge < -0.3 is 10.0 Å². The fourth-order valence-electron chi connectivity index (χ4n) is 1.77. The summed E-state index contributed by atoms with van der Waals surface area (Å²) in [6.45, 7) is 7.46. The van der Waals surface area contributed by atoms with Gasteiger partial charge in [-0.05, 0) is 39.8 Å². The van der Waals surface area contributed by atoms with E-state index in [1.807, 2.05) is 6.92 Å². The maximum absolute atomic E-state index is 13.6. The Kier molecular flexibility index (Phi) is 4.46. The SMILES string of the molecule is CCN(CC(C)(C)O)C(=O)c1cc(C)ccc1F. The fraction of sp³-hybridized carbons (Fsp3) is 0.500. The summed E-state index contributed by atoms with van der Waals surface area (Å²) in [6.07, 6.45) is 0. The molecule has 3 nitrogen and oxygen atoms in total. The minimum atomic E-state index is -0.994. The van der Waals surface area contributed by atoms with Crippen LogP contribution in [0.15, 0.2) is 18.2 Å². The molecule has 1 aromatic carbocycles. The Labute approximate surface area is 107 Å². The van der Waals surface area contributed by atoms with Crippen molar-refractivity contribution in [2.45, 2.75) is 33.3 Å². The van der Waals surface area contributed by atoms with Gasteiger partial charge in [-0.2, -0.15) is 0 Å². The number of benzene rings is 1. The van der Waals surface area contributed by atoms with Crippen LogP contribution < -0.4 is 0 Å². The molecule has 1 rings (SSSR count). The molecule has 18 heavy (non-hydrogen) atoms. The molecular formula is C14H20FNO2. The summed E-state index contributed by atoms with van der Waals surface area (Å²) >= 11 is 0. The molecule has 0 aliphatic heterocycles. The van der Waals surface area contributed by atoms with Crippen molar-refractivity contribution in [3.8, 4) is 0 Å². The molecule has 1 aromatic rings. The third-order valence-electron chi connectivity index (χ3n) is 2.60. The predicted molar refractivity (Wildman–Crippen MR) is 69.0 cm³/mol. The van der Waals surface area contributed by atoms with Gasteiger partial charge in [0.2, 0.25) is 0 Å². The highest BCUT2D eigenvalue weighted by Gasteiger charge is 2.24. The standard InChI is InChI=1S/C14H20FNO2/c1-5-16(9-14(3,4)18)13(17)11-8-10(2)6-7-12(11)15/h6-8,18H,5,9H2,1-4H3. The van der Waals surface area contributed by atoms with Crippen LogP contribution >= 0.6 is 0 Å². The number of nitrogens with zero attached hydrogens (tertiary/aromatic N) is 1. The molecule has 0 saturated heterocycles. The summed E-state index contributed by atoms with van der Waals surface area (Å²) in [6, 6.07) is 4.45. The average molecular weight is 253 g/mol. The number of carbonyl (C=O) groups is 1. The van der Waals surface area contributed by atoms with Crippen LogP contribution in [-0.4, -0.2) is 34.6 Å².